The van der Waals surface area contributed by atoms with Crippen LogP contribution < -0.4 is 10.6 Å². The Labute approximate surface area is 273 Å². The Morgan fingerprint density at radius 3 is 2.35 bits per heavy atom. The number of hydrogen-bond acceptors (Lipinski definition) is 10. The van der Waals surface area contributed by atoms with Gasteiger partial charge in [0.25, 0.3) is 5.91 Å². The summed E-state index contributed by atoms with van der Waals surface area (Å²) in [6.45, 7) is 7.30. The molecule has 0 aliphatic carbocycles. The summed E-state index contributed by atoms with van der Waals surface area (Å²) in [5, 5.41) is 13.9. The molecule has 46 heavy (non-hydrogen) atoms. The first-order valence-corrected chi connectivity index (χ1v) is 16.3. The third kappa shape index (κ3) is 8.37. The average Bonchev–Trinajstić information content (AvgIpc) is 3.58. The van der Waals surface area contributed by atoms with Gasteiger partial charge in [0.2, 0.25) is 5.91 Å². The Bertz CT molecular complexity index is 1710. The lowest BCUT2D eigenvalue weighted by Gasteiger charge is -2.14. The van der Waals surface area contributed by atoms with E-state index in [1.165, 1.54) is 18.2 Å². The SMILES string of the molecule is CCOC(=O)c1sc(NC(=O)C(C)Sc2nnc(CNC(=O)c3ccccc3F)n2CCc2ccccc2)c(C(=O)OCC)c1C. The minimum absolute atomic E-state index is 0.0237. The van der Waals surface area contributed by atoms with Crippen molar-refractivity contribution in [2.24, 2.45) is 0 Å². The lowest BCUT2D eigenvalue weighted by atomic mass is 10.1. The molecule has 11 nitrogen and oxygen atoms in total. The van der Waals surface area contributed by atoms with Gasteiger partial charge in [-0.25, -0.2) is 14.0 Å². The summed E-state index contributed by atoms with van der Waals surface area (Å²) in [4.78, 5) is 51.6. The van der Waals surface area contributed by atoms with Gasteiger partial charge in [-0.3, -0.25) is 9.59 Å². The number of esters is 2. The van der Waals surface area contributed by atoms with E-state index in [2.05, 4.69) is 20.8 Å². The van der Waals surface area contributed by atoms with E-state index in [4.69, 9.17) is 9.47 Å². The van der Waals surface area contributed by atoms with Gasteiger partial charge in [0.15, 0.2) is 11.0 Å². The second-order valence-corrected chi connectivity index (χ2v) is 12.2. The van der Waals surface area contributed by atoms with Crippen molar-refractivity contribution in [3.63, 3.8) is 0 Å². The van der Waals surface area contributed by atoms with Crippen LogP contribution in [0.25, 0.3) is 0 Å². The fourth-order valence-corrected chi connectivity index (χ4v) is 6.40. The number of thioether (sulfide) groups is 1. The molecule has 242 valence electrons. The molecule has 1 atom stereocenters. The number of aromatic nitrogens is 3. The fraction of sp³-hybridized carbons (Fsp3) is 0.312. The molecule has 2 N–H and O–H groups in total. The molecule has 2 aromatic heterocycles. The molecule has 0 spiro atoms. The lowest BCUT2D eigenvalue weighted by molar-refractivity contribution is -0.115. The van der Waals surface area contributed by atoms with Crippen LogP contribution in [-0.2, 0) is 33.8 Å². The van der Waals surface area contributed by atoms with Gasteiger partial charge in [-0.05, 0) is 57.4 Å². The van der Waals surface area contributed by atoms with Crippen molar-refractivity contribution in [1.29, 1.82) is 0 Å². The maximum Gasteiger partial charge on any atom is 0.348 e. The second-order valence-electron chi connectivity index (χ2n) is 9.90. The summed E-state index contributed by atoms with van der Waals surface area (Å²) < 4.78 is 26.3. The largest absolute Gasteiger partial charge is 0.462 e. The number of ether oxygens (including phenoxy) is 2. The number of nitrogens with zero attached hydrogens (tertiary/aromatic N) is 3. The molecular weight excluding hydrogens is 634 g/mol. The van der Waals surface area contributed by atoms with Gasteiger partial charge < -0.3 is 24.7 Å². The Morgan fingerprint density at radius 2 is 1.65 bits per heavy atom. The summed E-state index contributed by atoms with van der Waals surface area (Å²) >= 11 is 2.08. The van der Waals surface area contributed by atoms with Crippen LogP contribution in [0.15, 0.2) is 59.8 Å². The highest BCUT2D eigenvalue weighted by Crippen LogP contribution is 2.35. The van der Waals surface area contributed by atoms with Crippen LogP contribution in [0.5, 0.6) is 0 Å². The number of nitrogens with one attached hydrogen (secondary N) is 2. The van der Waals surface area contributed by atoms with Crippen LogP contribution >= 0.6 is 23.1 Å². The molecule has 4 rings (SSSR count). The Morgan fingerprint density at radius 1 is 0.978 bits per heavy atom. The van der Waals surface area contributed by atoms with E-state index in [-0.39, 0.29) is 40.8 Å². The number of benzene rings is 2. The summed E-state index contributed by atoms with van der Waals surface area (Å²) in [7, 11) is 0. The van der Waals surface area contributed by atoms with Crippen molar-refractivity contribution in [2.45, 2.75) is 57.6 Å². The standard InChI is InChI=1S/C32H34FN5O6S2/c1-5-43-30(41)25-19(3)26(31(42)44-6-2)46-29(25)35-27(39)20(4)45-32-37-36-24(38(32)17-16-21-12-8-7-9-13-21)18-34-28(40)22-14-10-11-15-23(22)33/h7-15,20H,5-6,16-18H2,1-4H3,(H,34,40)(H,35,39). The van der Waals surface area contributed by atoms with Crippen LogP contribution in [0.4, 0.5) is 9.39 Å². The second kappa shape index (κ2) is 16.1. The van der Waals surface area contributed by atoms with Crippen molar-refractivity contribution < 1.29 is 33.0 Å². The fourth-order valence-electron chi connectivity index (χ4n) is 4.41. The summed E-state index contributed by atoms with van der Waals surface area (Å²) in [5.74, 6) is -2.51. The van der Waals surface area contributed by atoms with Crippen molar-refractivity contribution >= 4 is 51.9 Å². The van der Waals surface area contributed by atoms with Crippen molar-refractivity contribution in [3.8, 4) is 0 Å². The highest BCUT2D eigenvalue weighted by atomic mass is 32.2. The zero-order valence-electron chi connectivity index (χ0n) is 25.8. The molecule has 2 amide bonds. The zero-order valence-corrected chi connectivity index (χ0v) is 27.4. The van der Waals surface area contributed by atoms with E-state index in [0.29, 0.717) is 29.5 Å². The lowest BCUT2D eigenvalue weighted by Crippen LogP contribution is -2.26. The molecule has 14 heteroatoms. The van der Waals surface area contributed by atoms with E-state index < -0.39 is 34.8 Å². The van der Waals surface area contributed by atoms with E-state index in [0.717, 1.165) is 28.7 Å². The van der Waals surface area contributed by atoms with Gasteiger partial charge in [0.05, 0.1) is 36.1 Å². The Kier molecular flexibility index (Phi) is 12.0. The predicted octanol–water partition coefficient (Wildman–Crippen LogP) is 5.43. The number of anilines is 1. The molecule has 4 aromatic rings. The van der Waals surface area contributed by atoms with Crippen LogP contribution in [-0.4, -0.2) is 57.0 Å². The van der Waals surface area contributed by atoms with E-state index >= 15 is 0 Å². The summed E-state index contributed by atoms with van der Waals surface area (Å²) in [5.41, 5.74) is 1.44. The predicted molar refractivity (Wildman–Crippen MR) is 173 cm³/mol. The molecule has 0 radical (unpaired) electrons. The van der Waals surface area contributed by atoms with E-state index in [1.807, 2.05) is 30.3 Å². The molecule has 0 saturated heterocycles. The topological polar surface area (TPSA) is 142 Å². The minimum Gasteiger partial charge on any atom is -0.462 e. The van der Waals surface area contributed by atoms with Crippen LogP contribution in [0.2, 0.25) is 0 Å². The van der Waals surface area contributed by atoms with Crippen molar-refractivity contribution in [2.75, 3.05) is 18.5 Å². The number of aryl methyl sites for hydroxylation is 1. The van der Waals surface area contributed by atoms with Gasteiger partial charge in [0, 0.05) is 6.54 Å². The molecule has 0 aliphatic heterocycles. The normalized spacial score (nSPS) is 11.5. The van der Waals surface area contributed by atoms with Crippen LogP contribution in [0.1, 0.15) is 68.1 Å². The maximum atomic E-state index is 14.2. The van der Waals surface area contributed by atoms with Crippen LogP contribution in [0, 0.1) is 12.7 Å². The number of carbonyl (C=O) groups excluding carboxylic acids is 4. The summed E-state index contributed by atoms with van der Waals surface area (Å²) in [6.07, 6.45) is 0.620. The Balaban J connectivity index is 1.54. The number of hydrogen-bond donors (Lipinski definition) is 2. The molecule has 2 heterocycles. The third-order valence-electron chi connectivity index (χ3n) is 6.76. The molecule has 1 unspecified atom stereocenters. The highest BCUT2D eigenvalue weighted by Gasteiger charge is 2.29. The smallest absolute Gasteiger partial charge is 0.348 e. The van der Waals surface area contributed by atoms with Crippen molar-refractivity contribution in [1.82, 2.24) is 20.1 Å². The summed E-state index contributed by atoms with van der Waals surface area (Å²) in [6, 6.07) is 15.4. The maximum absolute atomic E-state index is 14.2. The van der Waals surface area contributed by atoms with Gasteiger partial charge in [0.1, 0.15) is 15.7 Å². The first-order valence-electron chi connectivity index (χ1n) is 14.6. The first-order chi connectivity index (χ1) is 22.1. The molecular formula is C32H34FN5O6S2. The number of carbonyl (C=O) groups is 4. The number of thiophene rings is 1. The number of amides is 2. The minimum atomic E-state index is -0.718. The number of rotatable bonds is 14. The van der Waals surface area contributed by atoms with Gasteiger partial charge in [-0.15, -0.1) is 21.5 Å². The third-order valence-corrected chi connectivity index (χ3v) is 9.03. The van der Waals surface area contributed by atoms with Gasteiger partial charge >= 0.3 is 11.9 Å². The monoisotopic (exact) mass is 667 g/mol. The molecule has 0 bridgehead atoms. The Hall–Kier alpha value is -4.56. The molecule has 0 fully saturated rings. The van der Waals surface area contributed by atoms with Crippen LogP contribution in [0.3, 0.4) is 0 Å². The van der Waals surface area contributed by atoms with E-state index in [9.17, 15) is 23.6 Å². The zero-order chi connectivity index (χ0) is 33.2. The quantitative estimate of drug-likeness (QED) is 0.133. The molecule has 0 aliphatic rings. The molecule has 0 saturated carbocycles. The number of halogens is 1. The molecule has 2 aromatic carbocycles. The van der Waals surface area contributed by atoms with Gasteiger partial charge in [-0.1, -0.05) is 54.2 Å². The van der Waals surface area contributed by atoms with Crippen molar-refractivity contribution in [3.05, 3.63) is 93.4 Å². The first kappa shape index (κ1) is 34.3. The average molecular weight is 668 g/mol. The highest BCUT2D eigenvalue weighted by molar-refractivity contribution is 8.00. The van der Waals surface area contributed by atoms with E-state index in [1.54, 1.807) is 38.3 Å². The van der Waals surface area contributed by atoms with Gasteiger partial charge in [-0.2, -0.15) is 0 Å².